The first-order valence-corrected chi connectivity index (χ1v) is 6.52. The van der Waals surface area contributed by atoms with Gasteiger partial charge >= 0.3 is 18.9 Å². The van der Waals surface area contributed by atoms with Crippen LogP contribution in [-0.4, -0.2) is 11.1 Å². The molecule has 0 radical (unpaired) electrons. The Labute approximate surface area is 119 Å². The van der Waals surface area contributed by atoms with E-state index in [0.29, 0.717) is 17.5 Å². The maximum Gasteiger partial charge on any atom is 1.00 e. The SMILES string of the molecule is CC(C)[B-](c1ccccn1)(C(C)C)C(C)C.[Li+]. The van der Waals surface area contributed by atoms with Gasteiger partial charge in [-0.1, -0.05) is 53.7 Å². The van der Waals surface area contributed by atoms with Gasteiger partial charge in [0.2, 0.25) is 0 Å². The van der Waals surface area contributed by atoms with Crippen LogP contribution in [0.15, 0.2) is 24.4 Å². The van der Waals surface area contributed by atoms with Crippen molar-refractivity contribution < 1.29 is 18.9 Å². The summed E-state index contributed by atoms with van der Waals surface area (Å²) in [6, 6.07) is 6.33. The van der Waals surface area contributed by atoms with E-state index in [4.69, 9.17) is 0 Å². The fourth-order valence-corrected chi connectivity index (χ4v) is 4.01. The Morgan fingerprint density at radius 2 is 1.35 bits per heavy atom. The first-order chi connectivity index (χ1) is 7.44. The predicted octanol–water partition coefficient (Wildman–Crippen LogP) is 0.971. The van der Waals surface area contributed by atoms with Crippen LogP contribution in [0, 0.1) is 0 Å². The number of hydrogen-bond donors (Lipinski definition) is 0. The normalized spacial score (nSPS) is 12.1. The monoisotopic (exact) mass is 225 g/mol. The van der Waals surface area contributed by atoms with E-state index in [-0.39, 0.29) is 18.9 Å². The molecule has 90 valence electrons. The van der Waals surface area contributed by atoms with Gasteiger partial charge in [-0.15, -0.1) is 5.59 Å². The van der Waals surface area contributed by atoms with Crippen LogP contribution in [0.2, 0.25) is 17.5 Å². The Hall–Kier alpha value is -0.188. The minimum absolute atomic E-state index is 0. The van der Waals surface area contributed by atoms with Gasteiger partial charge in [-0.25, -0.2) is 0 Å². The molecule has 1 rings (SSSR count). The molecule has 1 aromatic heterocycles. The van der Waals surface area contributed by atoms with E-state index < -0.39 is 6.15 Å². The van der Waals surface area contributed by atoms with Crippen LogP contribution in [-0.2, 0) is 0 Å². The smallest absolute Gasteiger partial charge is 0.303 e. The van der Waals surface area contributed by atoms with E-state index in [9.17, 15) is 0 Å². The second-order valence-electron chi connectivity index (χ2n) is 6.06. The van der Waals surface area contributed by atoms with Crippen LogP contribution in [0.5, 0.6) is 0 Å². The number of aromatic nitrogens is 1. The topological polar surface area (TPSA) is 12.9 Å². The Balaban J connectivity index is 0.00000256. The van der Waals surface area contributed by atoms with Crippen molar-refractivity contribution in [3.8, 4) is 0 Å². The van der Waals surface area contributed by atoms with Crippen LogP contribution in [0.4, 0.5) is 0 Å². The summed E-state index contributed by atoms with van der Waals surface area (Å²) in [7, 11) is 0. The van der Waals surface area contributed by atoms with Crippen LogP contribution in [0.3, 0.4) is 0 Å². The molecular weight excluding hydrogens is 200 g/mol. The molecule has 0 atom stereocenters. The standard InChI is InChI=1S/C14H25BN.Li/c1-11(2)15(12(3)4,13(5)6)14-9-7-8-10-16-14;/h7-13H,1-6H3;/q-1;+1. The third-order valence-electron chi connectivity index (χ3n) is 4.51. The van der Waals surface area contributed by atoms with Gasteiger partial charge in [-0.2, -0.15) is 17.5 Å². The first kappa shape index (κ1) is 16.8. The second kappa shape index (κ2) is 6.67. The summed E-state index contributed by atoms with van der Waals surface area (Å²) in [4.78, 5) is 4.64. The summed E-state index contributed by atoms with van der Waals surface area (Å²) in [5.74, 6) is 1.99. The van der Waals surface area contributed by atoms with Gasteiger partial charge in [-0.3, -0.25) is 0 Å². The molecule has 0 saturated carbocycles. The Bertz CT molecular complexity index is 300. The molecule has 1 aromatic rings. The van der Waals surface area contributed by atoms with Gasteiger partial charge in [-0.05, 0) is 6.07 Å². The van der Waals surface area contributed by atoms with Crippen molar-refractivity contribution in [3.63, 3.8) is 0 Å². The van der Waals surface area contributed by atoms with Crippen LogP contribution in [0.25, 0.3) is 0 Å². The molecule has 0 unspecified atom stereocenters. The number of pyridine rings is 1. The molecule has 0 aliphatic heterocycles. The molecule has 0 saturated heterocycles. The van der Waals surface area contributed by atoms with Gasteiger partial charge in [0.15, 0.2) is 0 Å². The summed E-state index contributed by atoms with van der Waals surface area (Å²) in [5, 5.41) is 0. The fraction of sp³-hybridized carbons (Fsp3) is 0.643. The second-order valence-corrected chi connectivity index (χ2v) is 6.06. The van der Waals surface area contributed by atoms with E-state index in [1.165, 1.54) is 5.59 Å². The zero-order valence-electron chi connectivity index (χ0n) is 12.6. The Kier molecular flexibility index (Phi) is 6.59. The molecule has 3 heteroatoms. The largest absolute Gasteiger partial charge is 1.00 e. The molecule has 1 heterocycles. The van der Waals surface area contributed by atoms with Crippen molar-refractivity contribution in [2.45, 2.75) is 59.0 Å². The Morgan fingerprint density at radius 3 is 1.65 bits per heavy atom. The molecule has 0 aliphatic rings. The van der Waals surface area contributed by atoms with Crippen LogP contribution < -0.4 is 24.5 Å². The first-order valence-electron chi connectivity index (χ1n) is 6.52. The van der Waals surface area contributed by atoms with Crippen molar-refractivity contribution in [1.82, 2.24) is 4.98 Å². The molecule has 0 amide bonds. The predicted molar refractivity (Wildman–Crippen MR) is 74.9 cm³/mol. The van der Waals surface area contributed by atoms with Gasteiger partial charge in [0.05, 0.1) is 6.15 Å². The van der Waals surface area contributed by atoms with Crippen molar-refractivity contribution in [2.24, 2.45) is 0 Å². The summed E-state index contributed by atoms with van der Waals surface area (Å²) in [5.41, 5.74) is 1.31. The number of rotatable bonds is 4. The summed E-state index contributed by atoms with van der Waals surface area (Å²) in [6.07, 6.45) is 1.35. The third kappa shape index (κ3) is 2.98. The molecule has 0 bridgehead atoms. The maximum atomic E-state index is 4.64. The molecule has 17 heavy (non-hydrogen) atoms. The molecule has 0 aromatic carbocycles. The van der Waals surface area contributed by atoms with Crippen molar-refractivity contribution in [1.29, 1.82) is 0 Å². The molecular formula is C14H25BLiN. The van der Waals surface area contributed by atoms with E-state index in [1.807, 2.05) is 12.3 Å². The minimum atomic E-state index is -0.582. The maximum absolute atomic E-state index is 4.64. The summed E-state index contributed by atoms with van der Waals surface area (Å²) in [6.45, 7) is 14.1. The van der Waals surface area contributed by atoms with Gasteiger partial charge in [0.25, 0.3) is 0 Å². The average Bonchev–Trinajstić information content (AvgIpc) is 2.18. The van der Waals surface area contributed by atoms with Gasteiger partial charge < -0.3 is 4.98 Å². The third-order valence-corrected chi connectivity index (χ3v) is 4.51. The van der Waals surface area contributed by atoms with Gasteiger partial charge in [0, 0.05) is 6.20 Å². The molecule has 1 nitrogen and oxygen atoms in total. The quantitative estimate of drug-likeness (QED) is 0.696. The molecule has 0 aliphatic carbocycles. The fourth-order valence-electron chi connectivity index (χ4n) is 4.01. The average molecular weight is 225 g/mol. The van der Waals surface area contributed by atoms with E-state index in [0.717, 1.165) is 0 Å². The van der Waals surface area contributed by atoms with Crippen molar-refractivity contribution in [2.75, 3.05) is 0 Å². The zero-order chi connectivity index (χ0) is 12.3. The minimum Gasteiger partial charge on any atom is -0.303 e. The number of hydrogen-bond acceptors (Lipinski definition) is 1. The van der Waals surface area contributed by atoms with E-state index >= 15 is 0 Å². The van der Waals surface area contributed by atoms with Gasteiger partial charge in [0.1, 0.15) is 0 Å². The van der Waals surface area contributed by atoms with Crippen LogP contribution in [0.1, 0.15) is 41.5 Å². The number of nitrogens with zero attached hydrogens (tertiary/aromatic N) is 1. The summed E-state index contributed by atoms with van der Waals surface area (Å²) >= 11 is 0. The van der Waals surface area contributed by atoms with E-state index in [2.05, 4.69) is 58.7 Å². The zero-order valence-corrected chi connectivity index (χ0v) is 12.6. The molecule has 0 spiro atoms. The van der Waals surface area contributed by atoms with E-state index in [1.54, 1.807) is 0 Å². The molecule has 0 fully saturated rings. The Morgan fingerprint density at radius 1 is 0.882 bits per heavy atom. The summed E-state index contributed by atoms with van der Waals surface area (Å²) < 4.78 is 0. The van der Waals surface area contributed by atoms with Crippen LogP contribution >= 0.6 is 0 Å². The van der Waals surface area contributed by atoms with Crippen molar-refractivity contribution in [3.05, 3.63) is 24.4 Å². The molecule has 0 N–H and O–H groups in total. The van der Waals surface area contributed by atoms with Crippen molar-refractivity contribution >= 4 is 11.7 Å².